The van der Waals surface area contributed by atoms with Gasteiger partial charge >= 0.3 is 0 Å². The Bertz CT molecular complexity index is 1200. The minimum absolute atomic E-state index is 0.120. The largest absolute Gasteiger partial charge is 0.493 e. The number of aliphatic hydroxyl groups excluding tert-OH is 1. The fraction of sp³-hybridized carbons (Fsp3) is 0.367. The van der Waals surface area contributed by atoms with Crippen molar-refractivity contribution >= 4 is 6.29 Å². The highest BCUT2D eigenvalue weighted by Gasteiger charge is 2.21. The third-order valence-electron chi connectivity index (χ3n) is 6.14. The molecule has 3 rings (SSSR count). The number of aryl methyl sites for hydroxylation is 1. The summed E-state index contributed by atoms with van der Waals surface area (Å²) < 4.78 is 31.3. The van der Waals surface area contributed by atoms with Crippen molar-refractivity contribution in [3.05, 3.63) is 88.7 Å². The number of benzene rings is 3. The summed E-state index contributed by atoms with van der Waals surface area (Å²) in [6.45, 7) is 8.12. The maximum Gasteiger partial charge on any atom is 0.169 e. The van der Waals surface area contributed by atoms with Gasteiger partial charge in [0.25, 0.3) is 0 Å². The van der Waals surface area contributed by atoms with Crippen LogP contribution in [0.15, 0.2) is 60.7 Å². The van der Waals surface area contributed by atoms with Crippen LogP contribution in [0.2, 0.25) is 0 Å². The average Bonchev–Trinajstić information content (AvgIpc) is 2.88. The summed E-state index contributed by atoms with van der Waals surface area (Å²) in [6.07, 6.45) is 0.283. The second-order valence-electron chi connectivity index (χ2n) is 9.82. The molecule has 3 aromatic carbocycles. The van der Waals surface area contributed by atoms with Crippen LogP contribution < -0.4 is 14.8 Å². The predicted molar refractivity (Wildman–Crippen MR) is 142 cm³/mol. The molecule has 0 aliphatic heterocycles. The van der Waals surface area contributed by atoms with Crippen molar-refractivity contribution in [3.63, 3.8) is 0 Å². The molecule has 0 aromatic heterocycles. The molecule has 0 aliphatic carbocycles. The van der Waals surface area contributed by atoms with Crippen LogP contribution >= 0.6 is 0 Å². The van der Waals surface area contributed by atoms with Crippen LogP contribution in [0.5, 0.6) is 17.2 Å². The van der Waals surface area contributed by atoms with E-state index >= 15 is 0 Å². The van der Waals surface area contributed by atoms with Crippen LogP contribution in [0.1, 0.15) is 53.9 Å². The van der Waals surface area contributed by atoms with Crippen molar-refractivity contribution < 1.29 is 28.5 Å². The summed E-state index contributed by atoms with van der Waals surface area (Å²) in [6, 6.07) is 17.7. The molecule has 3 aromatic rings. The van der Waals surface area contributed by atoms with Crippen molar-refractivity contribution in [1.82, 2.24) is 5.32 Å². The molecule has 0 bridgehead atoms. The zero-order valence-electron chi connectivity index (χ0n) is 22.1. The fourth-order valence-electron chi connectivity index (χ4n) is 3.99. The van der Waals surface area contributed by atoms with Crippen molar-refractivity contribution in [3.8, 4) is 17.2 Å². The first kappa shape index (κ1) is 28.3. The number of nitrogens with one attached hydrogen (secondary N) is 1. The lowest BCUT2D eigenvalue weighted by Gasteiger charge is -2.28. The molecule has 0 heterocycles. The standard InChI is InChI=1S/C30H36FNO5/c1-20-10-11-22(14-26(20)31)16-30(3,4)32-17-24(34)19-36-21(2)25-8-6-7-9-27(25)37-28-13-12-23(18-33)15-29(28)35-5/h6-15,18,21,24,32,34H,16-17,19H2,1-5H3/t21?,24-/m1/s1. The summed E-state index contributed by atoms with van der Waals surface area (Å²) in [7, 11) is 1.52. The number of β-amino-alcohol motifs (C(OH)–C–C–N with tert-alkyl or cyclic N) is 1. The van der Waals surface area contributed by atoms with E-state index in [1.807, 2.05) is 51.1 Å². The number of methoxy groups -OCH3 is 1. The Kier molecular flexibility index (Phi) is 9.80. The van der Waals surface area contributed by atoms with Gasteiger partial charge in [0, 0.05) is 23.2 Å². The SMILES string of the molecule is COc1cc(C=O)ccc1Oc1ccccc1C(C)OC[C@H](O)CNC(C)(C)Cc1ccc(C)c(F)c1. The molecule has 0 fully saturated rings. The number of aliphatic hydroxyl groups is 1. The number of carbonyl (C=O) groups is 1. The molecule has 2 N–H and O–H groups in total. The molecule has 37 heavy (non-hydrogen) atoms. The molecule has 0 amide bonds. The normalized spacial score (nSPS) is 13.2. The molecule has 0 saturated carbocycles. The molecule has 0 radical (unpaired) electrons. The Balaban J connectivity index is 1.56. The van der Waals surface area contributed by atoms with E-state index in [2.05, 4.69) is 5.32 Å². The predicted octanol–water partition coefficient (Wildman–Crippen LogP) is 5.80. The van der Waals surface area contributed by atoms with Gasteiger partial charge in [-0.05, 0) is 75.6 Å². The van der Waals surface area contributed by atoms with E-state index in [1.54, 1.807) is 37.3 Å². The summed E-state index contributed by atoms with van der Waals surface area (Å²) in [5, 5.41) is 13.9. The summed E-state index contributed by atoms with van der Waals surface area (Å²) in [5.41, 5.74) is 2.48. The van der Waals surface area contributed by atoms with Gasteiger partial charge in [-0.3, -0.25) is 4.79 Å². The lowest BCUT2D eigenvalue weighted by molar-refractivity contribution is -0.00482. The highest BCUT2D eigenvalue weighted by atomic mass is 19.1. The van der Waals surface area contributed by atoms with Gasteiger partial charge in [0.2, 0.25) is 0 Å². The second-order valence-corrected chi connectivity index (χ2v) is 9.82. The van der Waals surface area contributed by atoms with Crippen molar-refractivity contribution in [2.75, 3.05) is 20.3 Å². The molecule has 7 heteroatoms. The Morgan fingerprint density at radius 2 is 1.81 bits per heavy atom. The number of hydrogen-bond donors (Lipinski definition) is 2. The van der Waals surface area contributed by atoms with Crippen LogP contribution in [-0.2, 0) is 11.2 Å². The zero-order chi connectivity index (χ0) is 27.0. The van der Waals surface area contributed by atoms with Gasteiger partial charge in [-0.2, -0.15) is 0 Å². The third kappa shape index (κ3) is 8.12. The highest BCUT2D eigenvalue weighted by molar-refractivity contribution is 5.76. The molecular weight excluding hydrogens is 473 g/mol. The number of rotatable bonds is 13. The van der Waals surface area contributed by atoms with Crippen LogP contribution in [0.3, 0.4) is 0 Å². The molecule has 0 spiro atoms. The minimum atomic E-state index is -0.736. The smallest absolute Gasteiger partial charge is 0.169 e. The molecule has 2 atom stereocenters. The van der Waals surface area contributed by atoms with E-state index < -0.39 is 6.10 Å². The van der Waals surface area contributed by atoms with E-state index in [4.69, 9.17) is 14.2 Å². The van der Waals surface area contributed by atoms with Crippen molar-refractivity contribution in [1.29, 1.82) is 0 Å². The third-order valence-corrected chi connectivity index (χ3v) is 6.14. The molecular formula is C30H36FNO5. The Labute approximate surface area is 218 Å². The first-order valence-corrected chi connectivity index (χ1v) is 12.3. The van der Waals surface area contributed by atoms with E-state index in [9.17, 15) is 14.3 Å². The van der Waals surface area contributed by atoms with Crippen molar-refractivity contribution in [2.45, 2.75) is 51.9 Å². The molecule has 1 unspecified atom stereocenters. The van der Waals surface area contributed by atoms with E-state index in [1.165, 1.54) is 7.11 Å². The van der Waals surface area contributed by atoms with Crippen LogP contribution in [0.25, 0.3) is 0 Å². The van der Waals surface area contributed by atoms with E-state index in [0.29, 0.717) is 41.3 Å². The number of hydrogen-bond acceptors (Lipinski definition) is 6. The first-order valence-electron chi connectivity index (χ1n) is 12.3. The molecule has 198 valence electrons. The molecule has 6 nitrogen and oxygen atoms in total. The lowest BCUT2D eigenvalue weighted by atomic mass is 9.94. The van der Waals surface area contributed by atoms with Gasteiger partial charge in [-0.25, -0.2) is 4.39 Å². The Morgan fingerprint density at radius 1 is 1.05 bits per heavy atom. The maximum absolute atomic E-state index is 13.9. The average molecular weight is 510 g/mol. The van der Waals surface area contributed by atoms with E-state index in [0.717, 1.165) is 17.4 Å². The topological polar surface area (TPSA) is 77.0 Å². The van der Waals surface area contributed by atoms with Gasteiger partial charge in [-0.15, -0.1) is 0 Å². The van der Waals surface area contributed by atoms with Gasteiger partial charge in [0.15, 0.2) is 11.5 Å². The molecule has 0 aliphatic rings. The summed E-state index contributed by atoms with van der Waals surface area (Å²) in [5.74, 6) is 1.31. The van der Waals surface area contributed by atoms with Crippen LogP contribution in [-0.4, -0.2) is 43.3 Å². The number of aldehydes is 1. The first-order chi connectivity index (χ1) is 17.6. The number of ether oxygens (including phenoxy) is 3. The minimum Gasteiger partial charge on any atom is -0.493 e. The number of para-hydroxylation sites is 1. The van der Waals surface area contributed by atoms with E-state index in [-0.39, 0.29) is 24.1 Å². The number of halogens is 1. The van der Waals surface area contributed by atoms with Gasteiger partial charge in [-0.1, -0.05) is 30.3 Å². The quantitative estimate of drug-likeness (QED) is 0.284. The fourth-order valence-corrected chi connectivity index (χ4v) is 3.99. The van der Waals surface area contributed by atoms with Crippen LogP contribution in [0.4, 0.5) is 4.39 Å². The van der Waals surface area contributed by atoms with Crippen LogP contribution in [0, 0.1) is 12.7 Å². The van der Waals surface area contributed by atoms with Gasteiger partial charge < -0.3 is 24.6 Å². The monoisotopic (exact) mass is 509 g/mol. The lowest BCUT2D eigenvalue weighted by Crippen LogP contribution is -2.46. The summed E-state index contributed by atoms with van der Waals surface area (Å²) in [4.78, 5) is 11.1. The van der Waals surface area contributed by atoms with Crippen molar-refractivity contribution in [2.24, 2.45) is 0 Å². The molecule has 0 saturated heterocycles. The van der Waals surface area contributed by atoms with Gasteiger partial charge in [0.1, 0.15) is 17.9 Å². The zero-order valence-corrected chi connectivity index (χ0v) is 22.1. The highest BCUT2D eigenvalue weighted by Crippen LogP contribution is 2.36. The summed E-state index contributed by atoms with van der Waals surface area (Å²) >= 11 is 0. The maximum atomic E-state index is 13.9. The van der Waals surface area contributed by atoms with Gasteiger partial charge in [0.05, 0.1) is 25.9 Å². The Morgan fingerprint density at radius 3 is 2.51 bits per heavy atom. The number of carbonyl (C=O) groups excluding carboxylic acids is 1. The Hall–Kier alpha value is -3.26. The second kappa shape index (κ2) is 12.8.